The van der Waals surface area contributed by atoms with Crippen LogP contribution in [-0.2, 0) is 9.53 Å². The summed E-state index contributed by atoms with van der Waals surface area (Å²) in [6.07, 6.45) is -0.602. The van der Waals surface area contributed by atoms with E-state index in [1.807, 2.05) is 0 Å². The maximum atomic E-state index is 13.4. The zero-order chi connectivity index (χ0) is 25.8. The number of amidine groups is 1. The quantitative estimate of drug-likeness (QED) is 0.104. The molecule has 15 heteroatoms. The summed E-state index contributed by atoms with van der Waals surface area (Å²) in [5.74, 6) is -1.04. The molecule has 2 amide bonds. The van der Waals surface area contributed by atoms with E-state index in [-0.39, 0.29) is 41.2 Å². The number of benzene rings is 1. The number of hydrogen-bond acceptors (Lipinski definition) is 10. The first-order valence-corrected chi connectivity index (χ1v) is 11.7. The van der Waals surface area contributed by atoms with E-state index in [0.717, 1.165) is 17.8 Å². The second kappa shape index (κ2) is 10.7. The normalized spacial score (nSPS) is 15.4. The van der Waals surface area contributed by atoms with E-state index < -0.39 is 29.0 Å². The molecule has 0 saturated carbocycles. The van der Waals surface area contributed by atoms with Crippen LogP contribution >= 0.6 is 23.4 Å². The Morgan fingerprint density at radius 3 is 2.71 bits per heavy atom. The van der Waals surface area contributed by atoms with Gasteiger partial charge in [-0.1, -0.05) is 28.5 Å². The molecule has 1 aliphatic rings. The number of β-amino-alcohol motifs (C(OH)–C–C–N with tert-alkyl or cyclic N) is 1. The number of ether oxygens (including phenoxy) is 1. The highest BCUT2D eigenvalue weighted by atomic mass is 35.5. The monoisotopic (exact) mass is 530 g/mol. The molecule has 0 aliphatic carbocycles. The average molecular weight is 531 g/mol. The average Bonchev–Trinajstić information content (AvgIpc) is 3.22. The number of thioether (sulfide) groups is 1. The number of anilines is 1. The highest BCUT2D eigenvalue weighted by molar-refractivity contribution is 7.99. The Labute approximate surface area is 208 Å². The lowest BCUT2D eigenvalue weighted by Crippen LogP contribution is -2.70. The summed E-state index contributed by atoms with van der Waals surface area (Å²) in [5, 5.41) is 35.8. The largest absolute Gasteiger partial charge is 0.444 e. The summed E-state index contributed by atoms with van der Waals surface area (Å²) >= 11 is 6.89. The molecule has 0 bridgehead atoms. The number of nitrogens with zero attached hydrogens (tertiary/aromatic N) is 4. The Morgan fingerprint density at radius 2 is 2.09 bits per heavy atom. The van der Waals surface area contributed by atoms with Gasteiger partial charge in [0.1, 0.15) is 11.4 Å². The van der Waals surface area contributed by atoms with Crippen molar-refractivity contribution >= 4 is 46.9 Å². The lowest BCUT2D eigenvalue weighted by Gasteiger charge is -2.44. The van der Waals surface area contributed by atoms with E-state index in [4.69, 9.17) is 21.0 Å². The highest BCUT2D eigenvalue weighted by Crippen LogP contribution is 2.25. The van der Waals surface area contributed by atoms with Gasteiger partial charge in [-0.15, -0.1) is 0 Å². The van der Waals surface area contributed by atoms with Crippen LogP contribution in [-0.4, -0.2) is 80.0 Å². The Hall–Kier alpha value is -3.10. The first kappa shape index (κ1) is 26.5. The summed E-state index contributed by atoms with van der Waals surface area (Å²) in [6, 6.07) is 3.83. The van der Waals surface area contributed by atoms with Gasteiger partial charge < -0.3 is 30.6 Å². The van der Waals surface area contributed by atoms with Crippen molar-refractivity contribution in [2.75, 3.05) is 30.7 Å². The van der Waals surface area contributed by atoms with Crippen LogP contribution in [0.2, 0.25) is 5.02 Å². The standard InChI is InChI=1S/C20H24ClFN6O6S/c1-19(2,3)33-18(30)28-9-20(31,10-28)17(29)23-6-7-35-16-14(26-34-27-16)15(25-32)24-11-4-5-13(22)12(21)8-11/h4-5,8,31-32H,6-7,9-10H2,1-3H3,(H,23,29)(H,24,25). The third kappa shape index (κ3) is 6.74. The minimum atomic E-state index is -1.70. The molecule has 2 heterocycles. The number of oxime groups is 1. The molecule has 0 unspecified atom stereocenters. The Morgan fingerprint density at radius 1 is 1.37 bits per heavy atom. The van der Waals surface area contributed by atoms with Crippen LogP contribution in [0.4, 0.5) is 14.9 Å². The molecule has 35 heavy (non-hydrogen) atoms. The van der Waals surface area contributed by atoms with Crippen molar-refractivity contribution in [2.45, 2.75) is 37.0 Å². The maximum absolute atomic E-state index is 13.4. The molecule has 1 fully saturated rings. The molecule has 3 rings (SSSR count). The van der Waals surface area contributed by atoms with Crippen molar-refractivity contribution in [1.29, 1.82) is 0 Å². The van der Waals surface area contributed by atoms with E-state index in [2.05, 4.69) is 26.1 Å². The summed E-state index contributed by atoms with van der Waals surface area (Å²) in [4.78, 5) is 25.6. The molecule has 12 nitrogen and oxygen atoms in total. The number of nitrogens with one attached hydrogen (secondary N) is 2. The number of carbonyl (C=O) groups excluding carboxylic acids is 2. The highest BCUT2D eigenvalue weighted by Gasteiger charge is 2.50. The molecule has 0 atom stereocenters. The molecule has 1 aromatic carbocycles. The molecule has 190 valence electrons. The fraction of sp³-hybridized carbons (Fsp3) is 0.450. The van der Waals surface area contributed by atoms with E-state index in [1.54, 1.807) is 20.8 Å². The van der Waals surface area contributed by atoms with E-state index in [1.165, 1.54) is 17.0 Å². The summed E-state index contributed by atoms with van der Waals surface area (Å²) in [7, 11) is 0. The smallest absolute Gasteiger partial charge is 0.410 e. The van der Waals surface area contributed by atoms with Crippen molar-refractivity contribution in [1.82, 2.24) is 20.5 Å². The number of carbonyl (C=O) groups is 2. The van der Waals surface area contributed by atoms with Crippen LogP contribution in [0, 0.1) is 5.82 Å². The Balaban J connectivity index is 1.48. The van der Waals surface area contributed by atoms with Crippen LogP contribution in [0.3, 0.4) is 0 Å². The minimum absolute atomic E-state index is 0.0786. The molecular weight excluding hydrogens is 507 g/mol. The number of aliphatic hydroxyl groups is 1. The van der Waals surface area contributed by atoms with Gasteiger partial charge in [-0.05, 0) is 49.3 Å². The minimum Gasteiger partial charge on any atom is -0.444 e. The van der Waals surface area contributed by atoms with Gasteiger partial charge >= 0.3 is 6.09 Å². The van der Waals surface area contributed by atoms with Gasteiger partial charge in [0.05, 0.1) is 18.1 Å². The summed E-state index contributed by atoms with van der Waals surface area (Å²) in [6.45, 7) is 4.97. The van der Waals surface area contributed by atoms with Crippen molar-refractivity contribution in [3.63, 3.8) is 0 Å². The van der Waals surface area contributed by atoms with Crippen LogP contribution in [0.25, 0.3) is 0 Å². The second-order valence-corrected chi connectivity index (χ2v) is 10.1. The third-order valence-corrected chi connectivity index (χ3v) is 5.81. The first-order chi connectivity index (χ1) is 16.4. The Bertz CT molecular complexity index is 1120. The molecule has 1 aromatic heterocycles. The maximum Gasteiger partial charge on any atom is 0.410 e. The third-order valence-electron chi connectivity index (χ3n) is 4.57. The van der Waals surface area contributed by atoms with Gasteiger partial charge in [0.2, 0.25) is 5.84 Å². The van der Waals surface area contributed by atoms with E-state index in [9.17, 15) is 24.3 Å². The predicted octanol–water partition coefficient (Wildman–Crippen LogP) is 2.30. The molecule has 2 aromatic rings. The fourth-order valence-electron chi connectivity index (χ4n) is 2.92. The summed E-state index contributed by atoms with van der Waals surface area (Å²) < 4.78 is 23.3. The molecule has 1 saturated heterocycles. The van der Waals surface area contributed by atoms with Crippen molar-refractivity contribution in [3.05, 3.63) is 34.7 Å². The number of hydrogen-bond donors (Lipinski definition) is 4. The molecule has 4 N–H and O–H groups in total. The molecule has 0 spiro atoms. The number of aromatic nitrogens is 2. The van der Waals surface area contributed by atoms with Crippen LogP contribution < -0.4 is 10.6 Å². The summed E-state index contributed by atoms with van der Waals surface area (Å²) in [5.41, 5.74) is -1.96. The van der Waals surface area contributed by atoms with Crippen molar-refractivity contribution in [2.24, 2.45) is 5.16 Å². The number of halogens is 2. The predicted molar refractivity (Wildman–Crippen MR) is 124 cm³/mol. The number of likely N-dealkylation sites (tertiary alicyclic amines) is 1. The van der Waals surface area contributed by atoms with Crippen LogP contribution in [0.1, 0.15) is 26.5 Å². The van der Waals surface area contributed by atoms with Crippen LogP contribution in [0.5, 0.6) is 0 Å². The van der Waals surface area contributed by atoms with E-state index >= 15 is 0 Å². The lowest BCUT2D eigenvalue weighted by atomic mass is 9.93. The molecular formula is C20H24ClFN6O6S. The number of rotatable bonds is 7. The first-order valence-electron chi connectivity index (χ1n) is 10.3. The SMILES string of the molecule is CC(C)(C)OC(=O)N1CC(O)(C(=O)NCCSc2nonc2/C(=N\O)Nc2ccc(F)c(Cl)c2)C1. The van der Waals surface area contributed by atoms with Gasteiger partial charge in [-0.2, -0.15) is 0 Å². The zero-order valence-corrected chi connectivity index (χ0v) is 20.6. The second-order valence-electron chi connectivity index (χ2n) is 8.59. The number of amides is 2. The van der Waals surface area contributed by atoms with E-state index in [0.29, 0.717) is 11.4 Å². The van der Waals surface area contributed by atoms with Gasteiger partial charge in [-0.25, -0.2) is 13.8 Å². The molecule has 1 aliphatic heterocycles. The van der Waals surface area contributed by atoms with Gasteiger partial charge in [0, 0.05) is 18.0 Å². The van der Waals surface area contributed by atoms with Crippen LogP contribution in [0.15, 0.2) is 33.0 Å². The van der Waals surface area contributed by atoms with Gasteiger partial charge in [0.25, 0.3) is 5.91 Å². The Kier molecular flexibility index (Phi) is 8.07. The fourth-order valence-corrected chi connectivity index (χ4v) is 3.86. The lowest BCUT2D eigenvalue weighted by molar-refractivity contribution is -0.157. The zero-order valence-electron chi connectivity index (χ0n) is 19.0. The van der Waals surface area contributed by atoms with Gasteiger partial charge in [-0.3, -0.25) is 4.79 Å². The van der Waals surface area contributed by atoms with Crippen molar-refractivity contribution < 1.29 is 33.7 Å². The topological polar surface area (TPSA) is 162 Å². The van der Waals surface area contributed by atoms with Gasteiger partial charge in [0.15, 0.2) is 16.3 Å². The molecule has 0 radical (unpaired) electrons. The van der Waals surface area contributed by atoms with Crippen molar-refractivity contribution in [3.8, 4) is 0 Å².